The molecule has 2 aromatic rings. The number of carbonyl (C=O) groups is 2. The van der Waals surface area contributed by atoms with E-state index < -0.39 is 5.97 Å². The third-order valence-corrected chi connectivity index (χ3v) is 5.36. The minimum Gasteiger partial charge on any atom is -0.463 e. The third-order valence-electron chi connectivity index (χ3n) is 3.70. The zero-order chi connectivity index (χ0) is 19.4. The van der Waals surface area contributed by atoms with E-state index in [-0.39, 0.29) is 24.9 Å². The average molecular weight is 453 g/mol. The van der Waals surface area contributed by atoms with Gasteiger partial charge in [0.25, 0.3) is 0 Å². The van der Waals surface area contributed by atoms with Gasteiger partial charge in [-0.25, -0.2) is 14.3 Å². The molecule has 0 bridgehead atoms. The fraction of sp³-hybridized carbons (Fsp3) is 0.250. The summed E-state index contributed by atoms with van der Waals surface area (Å²) in [5, 5.41) is 13.9. The van der Waals surface area contributed by atoms with Crippen LogP contribution in [-0.4, -0.2) is 45.8 Å². The normalized spacial score (nSPS) is 13.9. The Labute approximate surface area is 167 Å². The van der Waals surface area contributed by atoms with Crippen LogP contribution in [-0.2, 0) is 9.53 Å². The molecule has 11 heteroatoms. The van der Waals surface area contributed by atoms with Crippen LogP contribution >= 0.6 is 27.7 Å². The van der Waals surface area contributed by atoms with Crippen LogP contribution in [0.5, 0.6) is 0 Å². The Kier molecular flexibility index (Phi) is 6.01. The lowest BCUT2D eigenvalue weighted by atomic mass is 10.2. The van der Waals surface area contributed by atoms with Crippen molar-refractivity contribution >= 4 is 39.7 Å². The first-order valence-corrected chi connectivity index (χ1v) is 9.81. The van der Waals surface area contributed by atoms with Gasteiger partial charge in [-0.2, -0.15) is 0 Å². The molecule has 142 valence electrons. The summed E-state index contributed by atoms with van der Waals surface area (Å²) in [4.78, 5) is 23.7. The van der Waals surface area contributed by atoms with Gasteiger partial charge in [-0.05, 0) is 19.1 Å². The summed E-state index contributed by atoms with van der Waals surface area (Å²) in [6, 6.07) is 7.16. The Morgan fingerprint density at radius 3 is 2.93 bits per heavy atom. The van der Waals surface area contributed by atoms with E-state index in [1.165, 1.54) is 16.4 Å². The maximum atomic E-state index is 12.1. The molecule has 0 radical (unpaired) electrons. The van der Waals surface area contributed by atoms with Crippen LogP contribution in [0.3, 0.4) is 0 Å². The van der Waals surface area contributed by atoms with Crippen LogP contribution in [0, 0.1) is 0 Å². The predicted molar refractivity (Wildman–Crippen MR) is 104 cm³/mol. The molecule has 1 aliphatic rings. The fourth-order valence-corrected chi connectivity index (χ4v) is 3.71. The molecular weight excluding hydrogens is 436 g/mol. The molecule has 0 saturated carbocycles. The van der Waals surface area contributed by atoms with Gasteiger partial charge in [-0.1, -0.05) is 39.8 Å². The van der Waals surface area contributed by atoms with Gasteiger partial charge in [-0.15, -0.1) is 10.2 Å². The highest BCUT2D eigenvalue weighted by molar-refractivity contribution is 9.10. The van der Waals surface area contributed by atoms with E-state index in [2.05, 4.69) is 36.8 Å². The van der Waals surface area contributed by atoms with Crippen LogP contribution in [0.25, 0.3) is 11.4 Å². The van der Waals surface area contributed by atoms with Crippen molar-refractivity contribution in [2.24, 2.45) is 0 Å². The first-order chi connectivity index (χ1) is 13.0. The number of hydrogen-bond acceptors (Lipinski definition) is 7. The van der Waals surface area contributed by atoms with Crippen molar-refractivity contribution in [3.05, 3.63) is 40.0 Å². The number of esters is 1. The van der Waals surface area contributed by atoms with Gasteiger partial charge in [-0.3, -0.25) is 0 Å². The molecule has 4 N–H and O–H groups in total. The molecule has 0 fully saturated rings. The lowest BCUT2D eigenvalue weighted by Gasteiger charge is -2.20. The molecule has 0 unspecified atom stereocenters. The quantitative estimate of drug-likeness (QED) is 0.345. The van der Waals surface area contributed by atoms with E-state index in [4.69, 9.17) is 10.6 Å². The molecule has 1 aromatic carbocycles. The number of nitrogens with zero attached hydrogens (tertiary/aromatic N) is 3. The maximum absolute atomic E-state index is 12.1. The number of nitrogens with two attached hydrogens (primary N) is 1. The van der Waals surface area contributed by atoms with Gasteiger partial charge >= 0.3 is 12.0 Å². The summed E-state index contributed by atoms with van der Waals surface area (Å²) in [6.07, 6.45) is 0. The van der Waals surface area contributed by atoms with Gasteiger partial charge < -0.3 is 21.2 Å². The first kappa shape index (κ1) is 19.2. The van der Waals surface area contributed by atoms with E-state index in [1.54, 1.807) is 6.92 Å². The average Bonchev–Trinajstić information content (AvgIpc) is 3.01. The van der Waals surface area contributed by atoms with Crippen LogP contribution in [0.2, 0.25) is 0 Å². The van der Waals surface area contributed by atoms with Crippen molar-refractivity contribution in [3.8, 4) is 11.4 Å². The second-order valence-electron chi connectivity index (χ2n) is 5.43. The number of aromatic nitrogens is 3. The smallest absolute Gasteiger partial charge is 0.337 e. The van der Waals surface area contributed by atoms with E-state index in [9.17, 15) is 9.59 Å². The monoisotopic (exact) mass is 452 g/mol. The molecule has 0 aliphatic carbocycles. The Balaban J connectivity index is 1.80. The van der Waals surface area contributed by atoms with Gasteiger partial charge in [0, 0.05) is 21.5 Å². The molecular formula is C16H17BrN6O3S. The topological polar surface area (TPSA) is 124 Å². The molecule has 2 heterocycles. The number of amides is 2. The number of ether oxygens (including phenoxy) is 1. The van der Waals surface area contributed by atoms with Gasteiger partial charge in [0.05, 0.1) is 18.7 Å². The molecule has 0 saturated heterocycles. The van der Waals surface area contributed by atoms with Crippen LogP contribution in [0.15, 0.2) is 45.2 Å². The van der Waals surface area contributed by atoms with E-state index in [1.807, 2.05) is 24.3 Å². The molecule has 0 spiro atoms. The number of carbonyl (C=O) groups excluding carboxylic acids is 2. The summed E-state index contributed by atoms with van der Waals surface area (Å²) in [6.45, 7) is 2.09. The zero-order valence-electron chi connectivity index (χ0n) is 14.4. The molecule has 2 amide bonds. The van der Waals surface area contributed by atoms with E-state index in [0.29, 0.717) is 22.3 Å². The van der Waals surface area contributed by atoms with Gasteiger partial charge in [0.15, 0.2) is 5.82 Å². The summed E-state index contributed by atoms with van der Waals surface area (Å²) < 4.78 is 7.26. The van der Waals surface area contributed by atoms with E-state index in [0.717, 1.165) is 10.0 Å². The molecule has 1 aromatic heterocycles. The lowest BCUT2D eigenvalue weighted by molar-refractivity contribution is -0.138. The van der Waals surface area contributed by atoms with Crippen LogP contribution < -0.4 is 16.5 Å². The van der Waals surface area contributed by atoms with Crippen LogP contribution in [0.1, 0.15) is 6.92 Å². The largest absolute Gasteiger partial charge is 0.463 e. The highest BCUT2D eigenvalue weighted by Gasteiger charge is 2.24. The van der Waals surface area contributed by atoms with Crippen molar-refractivity contribution in [2.75, 3.05) is 24.7 Å². The number of thioether (sulfide) groups is 1. The number of hydrogen-bond donors (Lipinski definition) is 3. The second kappa shape index (κ2) is 8.44. The van der Waals surface area contributed by atoms with Crippen molar-refractivity contribution in [2.45, 2.75) is 12.1 Å². The third kappa shape index (κ3) is 4.25. The highest BCUT2D eigenvalue weighted by atomic mass is 79.9. The molecule has 27 heavy (non-hydrogen) atoms. The number of nitrogen functional groups attached to an aromatic ring is 1. The standard InChI is InChI=1S/C16H17BrN6O3S/c1-2-26-14(24)10-7-19-15(25)20-12(10)8-27-16-22-21-13(23(16)18)9-5-3-4-6-11(9)17/h3-6H,2,7-8,18H2,1H3,(H2,19,20,25). The molecule has 1 aliphatic heterocycles. The summed E-state index contributed by atoms with van der Waals surface area (Å²) in [5.41, 5.74) is 1.65. The Bertz CT molecular complexity index is 913. The van der Waals surface area contributed by atoms with Crippen molar-refractivity contribution in [3.63, 3.8) is 0 Å². The van der Waals surface area contributed by atoms with Crippen molar-refractivity contribution < 1.29 is 14.3 Å². The summed E-state index contributed by atoms with van der Waals surface area (Å²) in [5.74, 6) is 6.45. The van der Waals surface area contributed by atoms with Gasteiger partial charge in [0.2, 0.25) is 5.16 Å². The number of rotatable bonds is 6. The molecule has 3 rings (SSSR count). The zero-order valence-corrected chi connectivity index (χ0v) is 16.8. The number of nitrogens with one attached hydrogen (secondary N) is 2. The van der Waals surface area contributed by atoms with Gasteiger partial charge in [0.1, 0.15) is 0 Å². The van der Waals surface area contributed by atoms with Crippen molar-refractivity contribution in [1.82, 2.24) is 25.5 Å². The first-order valence-electron chi connectivity index (χ1n) is 8.03. The number of benzene rings is 1. The maximum Gasteiger partial charge on any atom is 0.337 e. The Morgan fingerprint density at radius 2 is 2.19 bits per heavy atom. The number of urea groups is 1. The Morgan fingerprint density at radius 1 is 1.41 bits per heavy atom. The Hall–Kier alpha value is -2.53. The molecule has 9 nitrogen and oxygen atoms in total. The van der Waals surface area contributed by atoms with Crippen molar-refractivity contribution in [1.29, 1.82) is 0 Å². The predicted octanol–water partition coefficient (Wildman–Crippen LogP) is 1.64. The molecule has 0 atom stereocenters. The van der Waals surface area contributed by atoms with Crippen LogP contribution in [0.4, 0.5) is 4.79 Å². The van der Waals surface area contributed by atoms with E-state index >= 15 is 0 Å². The minimum absolute atomic E-state index is 0.109. The summed E-state index contributed by atoms with van der Waals surface area (Å²) >= 11 is 4.72. The number of halogens is 1. The minimum atomic E-state index is -0.469. The fourth-order valence-electron chi connectivity index (χ4n) is 2.41. The highest BCUT2D eigenvalue weighted by Crippen LogP contribution is 2.28. The second-order valence-corrected chi connectivity index (χ2v) is 7.23. The SMILES string of the molecule is CCOC(=O)C1=C(CSc2nnc(-c3ccccc3Br)n2N)NC(=O)NC1. The summed E-state index contributed by atoms with van der Waals surface area (Å²) in [7, 11) is 0. The lowest BCUT2D eigenvalue weighted by Crippen LogP contribution is -2.44.